The van der Waals surface area contributed by atoms with E-state index in [1.54, 1.807) is 7.05 Å². The van der Waals surface area contributed by atoms with E-state index in [4.69, 9.17) is 0 Å². The van der Waals surface area contributed by atoms with Crippen molar-refractivity contribution in [3.8, 4) is 5.75 Å². The number of phenolic OH excluding ortho intramolecular Hbond substituents is 1. The molecular weight excluding hydrogens is 169 g/mol. The quantitative estimate of drug-likeness (QED) is 0.749. The van der Waals surface area contributed by atoms with Gasteiger partial charge in [-0.3, -0.25) is 0 Å². The number of hydrogen-bond acceptors (Lipinski definition) is 2. The van der Waals surface area contributed by atoms with Gasteiger partial charge in [0, 0.05) is 12.1 Å². The summed E-state index contributed by atoms with van der Waals surface area (Å²) < 4.78 is 13.1. The molecule has 0 aliphatic rings. The molecule has 13 heavy (non-hydrogen) atoms. The van der Waals surface area contributed by atoms with Crippen molar-refractivity contribution in [3.05, 3.63) is 29.1 Å². The first-order valence-electron chi connectivity index (χ1n) is 4.34. The number of aryl methyl sites for hydroxylation is 1. The van der Waals surface area contributed by atoms with Crippen molar-refractivity contribution in [1.82, 2.24) is 5.32 Å². The molecule has 2 nitrogen and oxygen atoms in total. The van der Waals surface area contributed by atoms with Crippen molar-refractivity contribution in [3.63, 3.8) is 0 Å². The maximum Gasteiger partial charge on any atom is 0.165 e. The minimum absolute atomic E-state index is 0.244. The summed E-state index contributed by atoms with van der Waals surface area (Å²) in [6.07, 6.45) is 0.772. The van der Waals surface area contributed by atoms with Crippen molar-refractivity contribution >= 4 is 0 Å². The van der Waals surface area contributed by atoms with Gasteiger partial charge in [-0.05, 0) is 25.1 Å². The van der Waals surface area contributed by atoms with Gasteiger partial charge in [-0.25, -0.2) is 4.39 Å². The van der Waals surface area contributed by atoms with Crippen LogP contribution in [0, 0.1) is 5.82 Å². The Hall–Kier alpha value is -1.09. The van der Waals surface area contributed by atoms with Crippen LogP contribution in [0.25, 0.3) is 0 Å². The van der Waals surface area contributed by atoms with E-state index in [-0.39, 0.29) is 5.75 Å². The first-order chi connectivity index (χ1) is 6.19. The van der Waals surface area contributed by atoms with Crippen molar-refractivity contribution in [2.24, 2.45) is 0 Å². The monoisotopic (exact) mass is 183 g/mol. The topological polar surface area (TPSA) is 32.3 Å². The molecule has 0 aromatic heterocycles. The van der Waals surface area contributed by atoms with Crippen LogP contribution in [0.15, 0.2) is 12.1 Å². The van der Waals surface area contributed by atoms with Crippen molar-refractivity contribution in [2.45, 2.75) is 19.9 Å². The number of benzene rings is 1. The van der Waals surface area contributed by atoms with Crippen LogP contribution in [-0.4, -0.2) is 12.2 Å². The fourth-order valence-electron chi connectivity index (χ4n) is 1.25. The molecule has 0 saturated heterocycles. The van der Waals surface area contributed by atoms with E-state index in [0.717, 1.165) is 12.0 Å². The van der Waals surface area contributed by atoms with Gasteiger partial charge in [0.15, 0.2) is 11.6 Å². The molecule has 1 aromatic rings. The Morgan fingerprint density at radius 3 is 2.69 bits per heavy atom. The Morgan fingerprint density at radius 1 is 1.46 bits per heavy atom. The van der Waals surface area contributed by atoms with Crippen LogP contribution in [0.2, 0.25) is 0 Å². The van der Waals surface area contributed by atoms with E-state index in [9.17, 15) is 9.50 Å². The smallest absolute Gasteiger partial charge is 0.165 e. The Morgan fingerprint density at radius 2 is 2.15 bits per heavy atom. The van der Waals surface area contributed by atoms with Crippen LogP contribution >= 0.6 is 0 Å². The molecule has 0 bridgehead atoms. The highest BCUT2D eigenvalue weighted by molar-refractivity contribution is 5.37. The van der Waals surface area contributed by atoms with E-state index >= 15 is 0 Å². The summed E-state index contributed by atoms with van der Waals surface area (Å²) >= 11 is 0. The van der Waals surface area contributed by atoms with Gasteiger partial charge >= 0.3 is 0 Å². The lowest BCUT2D eigenvalue weighted by molar-refractivity contribution is 0.423. The Kier molecular flexibility index (Phi) is 3.25. The van der Waals surface area contributed by atoms with E-state index < -0.39 is 5.82 Å². The molecule has 0 spiro atoms. The molecule has 0 fully saturated rings. The number of hydrogen-bond donors (Lipinski definition) is 2. The number of nitrogens with one attached hydrogen (secondary N) is 1. The summed E-state index contributed by atoms with van der Waals surface area (Å²) in [7, 11) is 1.76. The second-order valence-electron chi connectivity index (χ2n) is 2.97. The summed E-state index contributed by atoms with van der Waals surface area (Å²) in [6.45, 7) is 2.44. The summed E-state index contributed by atoms with van der Waals surface area (Å²) in [5.41, 5.74) is 1.51. The predicted molar refractivity (Wildman–Crippen MR) is 50.2 cm³/mol. The highest BCUT2D eigenvalue weighted by Crippen LogP contribution is 2.23. The molecule has 0 unspecified atom stereocenters. The molecule has 0 heterocycles. The van der Waals surface area contributed by atoms with Gasteiger partial charge < -0.3 is 10.4 Å². The zero-order valence-electron chi connectivity index (χ0n) is 7.89. The van der Waals surface area contributed by atoms with Crippen molar-refractivity contribution in [1.29, 1.82) is 0 Å². The molecule has 0 amide bonds. The third kappa shape index (κ3) is 2.18. The lowest BCUT2D eigenvalue weighted by Gasteiger charge is -2.07. The first-order valence-corrected chi connectivity index (χ1v) is 4.34. The molecule has 0 aliphatic carbocycles. The van der Waals surface area contributed by atoms with Crippen molar-refractivity contribution < 1.29 is 9.50 Å². The molecule has 1 aromatic carbocycles. The van der Waals surface area contributed by atoms with Crippen LogP contribution in [0.4, 0.5) is 4.39 Å². The molecule has 0 radical (unpaired) electrons. The summed E-state index contributed by atoms with van der Waals surface area (Å²) in [5, 5.41) is 12.2. The van der Waals surface area contributed by atoms with Crippen LogP contribution < -0.4 is 5.32 Å². The third-order valence-electron chi connectivity index (χ3n) is 1.98. The lowest BCUT2D eigenvalue weighted by atomic mass is 10.1. The fraction of sp³-hybridized carbons (Fsp3) is 0.400. The standard InChI is InChI=1S/C10H14FNO/c1-3-7-4-8(6-12-2)10(13)9(11)5-7/h4-5,12-13H,3,6H2,1-2H3. The second kappa shape index (κ2) is 4.23. The molecule has 0 saturated carbocycles. The van der Waals surface area contributed by atoms with Crippen LogP contribution in [-0.2, 0) is 13.0 Å². The summed E-state index contributed by atoms with van der Waals surface area (Å²) in [6, 6.07) is 3.18. The highest BCUT2D eigenvalue weighted by atomic mass is 19.1. The average molecular weight is 183 g/mol. The van der Waals surface area contributed by atoms with Crippen LogP contribution in [0.1, 0.15) is 18.1 Å². The van der Waals surface area contributed by atoms with Gasteiger partial charge in [-0.15, -0.1) is 0 Å². The van der Waals surface area contributed by atoms with E-state index in [2.05, 4.69) is 5.32 Å². The number of aromatic hydroxyl groups is 1. The lowest BCUT2D eigenvalue weighted by Crippen LogP contribution is -2.06. The van der Waals surface area contributed by atoms with Gasteiger partial charge in [0.2, 0.25) is 0 Å². The summed E-state index contributed by atoms with van der Waals surface area (Å²) in [4.78, 5) is 0. The van der Waals surface area contributed by atoms with Crippen molar-refractivity contribution in [2.75, 3.05) is 7.05 Å². The molecule has 3 heteroatoms. The molecule has 1 rings (SSSR count). The SMILES string of the molecule is CCc1cc(F)c(O)c(CNC)c1. The van der Waals surface area contributed by atoms with Crippen LogP contribution in [0.3, 0.4) is 0 Å². The third-order valence-corrected chi connectivity index (χ3v) is 1.98. The van der Waals surface area contributed by atoms with E-state index in [1.165, 1.54) is 6.07 Å². The molecule has 0 atom stereocenters. The van der Waals surface area contributed by atoms with Gasteiger partial charge in [0.05, 0.1) is 0 Å². The Balaban J connectivity index is 3.09. The van der Waals surface area contributed by atoms with E-state index in [1.807, 2.05) is 13.0 Å². The molecular formula is C10H14FNO. The molecule has 0 aliphatic heterocycles. The molecule has 72 valence electrons. The van der Waals surface area contributed by atoms with Gasteiger partial charge in [-0.1, -0.05) is 13.0 Å². The zero-order chi connectivity index (χ0) is 9.84. The van der Waals surface area contributed by atoms with E-state index in [0.29, 0.717) is 12.1 Å². The van der Waals surface area contributed by atoms with Gasteiger partial charge in [0.25, 0.3) is 0 Å². The minimum atomic E-state index is -0.537. The van der Waals surface area contributed by atoms with Gasteiger partial charge in [-0.2, -0.15) is 0 Å². The Bertz CT molecular complexity index is 299. The fourth-order valence-corrected chi connectivity index (χ4v) is 1.25. The first kappa shape index (κ1) is 9.99. The predicted octanol–water partition coefficient (Wildman–Crippen LogP) is 1.81. The number of rotatable bonds is 3. The normalized spacial score (nSPS) is 10.4. The minimum Gasteiger partial charge on any atom is -0.505 e. The highest BCUT2D eigenvalue weighted by Gasteiger charge is 2.07. The number of phenols is 1. The zero-order valence-corrected chi connectivity index (χ0v) is 7.89. The maximum absolute atomic E-state index is 13.1. The second-order valence-corrected chi connectivity index (χ2v) is 2.97. The van der Waals surface area contributed by atoms with Gasteiger partial charge in [0.1, 0.15) is 0 Å². The van der Waals surface area contributed by atoms with Crippen LogP contribution in [0.5, 0.6) is 5.75 Å². The Labute approximate surface area is 77.4 Å². The summed E-state index contributed by atoms with van der Waals surface area (Å²) in [5.74, 6) is -0.781. The molecule has 2 N–H and O–H groups in total. The largest absolute Gasteiger partial charge is 0.505 e. The maximum atomic E-state index is 13.1. The average Bonchev–Trinajstić information content (AvgIpc) is 2.13. The number of halogens is 1.